The van der Waals surface area contributed by atoms with Crippen molar-refractivity contribution >= 4 is 52.5 Å². The van der Waals surface area contributed by atoms with Crippen molar-refractivity contribution in [1.82, 2.24) is 25.4 Å². The first-order chi connectivity index (χ1) is 33.7. The quantitative estimate of drug-likeness (QED) is 0.0823. The highest BCUT2D eigenvalue weighted by Crippen LogP contribution is 2.60. The van der Waals surface area contributed by atoms with Gasteiger partial charge in [0, 0.05) is 90.0 Å². The molecule has 5 amide bonds. The molecule has 4 N–H and O–H groups in total. The number of anilines is 2. The molecule has 0 radical (unpaired) electrons. The summed E-state index contributed by atoms with van der Waals surface area (Å²) >= 11 is 6.37. The maximum Gasteiger partial charge on any atom is 0.433 e. The van der Waals surface area contributed by atoms with Crippen molar-refractivity contribution in [1.29, 1.82) is 0 Å². The lowest BCUT2D eigenvalue weighted by atomic mass is 9.63. The minimum atomic E-state index is -4.70. The van der Waals surface area contributed by atoms with E-state index < -0.39 is 59.0 Å². The Morgan fingerprint density at radius 1 is 1.03 bits per heavy atom. The number of imide groups is 1. The molecule has 71 heavy (non-hydrogen) atoms. The van der Waals surface area contributed by atoms with Crippen molar-refractivity contribution in [2.24, 2.45) is 16.7 Å². The molecule has 13 nitrogen and oxygen atoms in total. The van der Waals surface area contributed by atoms with Crippen molar-refractivity contribution in [2.45, 2.75) is 101 Å². The fourth-order valence-electron chi connectivity index (χ4n) is 11.7. The first-order valence-electron chi connectivity index (χ1n) is 23.8. The number of piperidine rings is 2. The van der Waals surface area contributed by atoms with Gasteiger partial charge < -0.3 is 30.5 Å². The Bertz CT molecular complexity index is 2980. The predicted octanol–water partition coefficient (Wildman–Crippen LogP) is 7.82. The van der Waals surface area contributed by atoms with Gasteiger partial charge in [0.2, 0.25) is 17.7 Å². The topological polar surface area (TPSA) is 162 Å². The molecule has 1 saturated carbocycles. The van der Waals surface area contributed by atoms with E-state index >= 15 is 4.39 Å². The number of nitrogens with zero attached hydrogens (tertiary/aromatic N) is 3. The van der Waals surface area contributed by atoms with Gasteiger partial charge in [-0.2, -0.15) is 13.2 Å². The average Bonchev–Trinajstić information content (AvgIpc) is 3.53. The molecule has 5 aliphatic heterocycles. The third-order valence-electron chi connectivity index (χ3n) is 15.4. The summed E-state index contributed by atoms with van der Waals surface area (Å²) in [6.45, 7) is 7.44. The number of alkyl halides is 3. The molecule has 1 aromatic heterocycles. The van der Waals surface area contributed by atoms with E-state index in [4.69, 9.17) is 16.3 Å². The second kappa shape index (κ2) is 17.7. The summed E-state index contributed by atoms with van der Waals surface area (Å²) in [5.74, 6) is 3.61. The van der Waals surface area contributed by atoms with E-state index in [0.29, 0.717) is 42.6 Å². The number of methoxy groups -OCH3 is 1. The largest absolute Gasteiger partial charge is 0.495 e. The molecule has 18 heteroatoms. The normalized spacial score (nSPS) is 25.3. The molecular weight excluding hydrogens is 942 g/mol. The van der Waals surface area contributed by atoms with Crippen LogP contribution in [-0.4, -0.2) is 89.2 Å². The summed E-state index contributed by atoms with van der Waals surface area (Å²) in [6, 6.07) is 13.4. The van der Waals surface area contributed by atoms with Crippen LogP contribution in [0.5, 0.6) is 5.75 Å². The minimum absolute atomic E-state index is 0.00532. The molecule has 0 bridgehead atoms. The number of carbonyl (C=O) groups excluding carboxylic acids is 5. The first kappa shape index (κ1) is 48.1. The van der Waals surface area contributed by atoms with Crippen molar-refractivity contribution in [3.63, 3.8) is 0 Å². The lowest BCUT2D eigenvalue weighted by molar-refractivity contribution is -0.141. The maximum atomic E-state index is 16.3. The predicted molar refractivity (Wildman–Crippen MR) is 255 cm³/mol. The van der Waals surface area contributed by atoms with Crippen molar-refractivity contribution in [2.75, 3.05) is 37.4 Å². The summed E-state index contributed by atoms with van der Waals surface area (Å²) in [7, 11) is 1.42. The highest BCUT2D eigenvalue weighted by molar-refractivity contribution is 6.30. The molecule has 6 atom stereocenters. The number of ether oxygens (including phenoxy) is 1. The second-order valence-electron chi connectivity index (χ2n) is 20.9. The Morgan fingerprint density at radius 3 is 2.52 bits per heavy atom. The molecule has 3 aromatic carbocycles. The number of carbonyl (C=O) groups is 5. The van der Waals surface area contributed by atoms with E-state index in [-0.39, 0.29) is 81.7 Å². The zero-order valence-corrected chi connectivity index (χ0v) is 40.2. The van der Waals surface area contributed by atoms with Crippen LogP contribution in [0.25, 0.3) is 0 Å². The third-order valence-corrected chi connectivity index (χ3v) is 15.7. The highest BCUT2D eigenvalue weighted by Gasteiger charge is 2.62. The van der Waals surface area contributed by atoms with Gasteiger partial charge in [-0.3, -0.25) is 34.3 Å². The Morgan fingerprint density at radius 2 is 1.80 bits per heavy atom. The lowest BCUT2D eigenvalue weighted by Gasteiger charge is -2.39. The minimum Gasteiger partial charge on any atom is -0.495 e. The van der Waals surface area contributed by atoms with E-state index in [0.717, 1.165) is 36.5 Å². The van der Waals surface area contributed by atoms with Crippen LogP contribution >= 0.6 is 11.6 Å². The van der Waals surface area contributed by atoms with Crippen LogP contribution in [0.3, 0.4) is 0 Å². The number of aromatic nitrogens is 1. The average molecular weight is 994 g/mol. The summed E-state index contributed by atoms with van der Waals surface area (Å²) in [6.07, 6.45) is -0.136. The zero-order valence-electron chi connectivity index (χ0n) is 39.5. The molecule has 3 saturated heterocycles. The van der Waals surface area contributed by atoms with Gasteiger partial charge in [0.1, 0.15) is 23.3 Å². The van der Waals surface area contributed by atoms with E-state index in [9.17, 15) is 37.1 Å². The number of hydrogen-bond acceptors (Lipinski definition) is 9. The number of likely N-dealkylation sites (tertiary alicyclic amines) is 1. The van der Waals surface area contributed by atoms with Gasteiger partial charge in [-0.15, -0.1) is 0 Å². The van der Waals surface area contributed by atoms with Crippen LogP contribution in [0.15, 0.2) is 66.9 Å². The van der Waals surface area contributed by atoms with Crippen molar-refractivity contribution < 1.29 is 46.3 Å². The molecule has 2 spiro atoms. The fourth-order valence-corrected chi connectivity index (χ4v) is 11.9. The maximum absolute atomic E-state index is 16.3. The number of nitrogens with one attached hydrogen (secondary N) is 4. The van der Waals surface area contributed by atoms with Crippen LogP contribution in [0.2, 0.25) is 5.02 Å². The molecule has 6 heterocycles. The van der Waals surface area contributed by atoms with Crippen LogP contribution in [0.1, 0.15) is 114 Å². The fraction of sp³-hybridized carbons (Fsp3) is 0.434. The smallest absolute Gasteiger partial charge is 0.433 e. The molecule has 1 unspecified atom stereocenters. The number of halogens is 5. The highest BCUT2D eigenvalue weighted by atomic mass is 35.5. The van der Waals surface area contributed by atoms with E-state index in [1.54, 1.807) is 41.3 Å². The number of fused-ring (bicyclic) bond motifs is 3. The van der Waals surface area contributed by atoms with Gasteiger partial charge in [0.05, 0.1) is 23.9 Å². The summed E-state index contributed by atoms with van der Waals surface area (Å²) in [4.78, 5) is 73.2. The Hall–Kier alpha value is -6.51. The van der Waals surface area contributed by atoms with E-state index in [1.807, 2.05) is 32.9 Å². The molecule has 370 valence electrons. The second-order valence-corrected chi connectivity index (χ2v) is 21.4. The van der Waals surface area contributed by atoms with E-state index in [1.165, 1.54) is 24.3 Å². The molecule has 4 aromatic rings. The van der Waals surface area contributed by atoms with Gasteiger partial charge in [0.25, 0.3) is 11.8 Å². The Labute approximate surface area is 412 Å². The van der Waals surface area contributed by atoms with Crippen molar-refractivity contribution in [3.05, 3.63) is 117 Å². The number of pyridine rings is 1. The van der Waals surface area contributed by atoms with Gasteiger partial charge in [0.15, 0.2) is 0 Å². The van der Waals surface area contributed by atoms with Crippen LogP contribution < -0.4 is 26.0 Å². The van der Waals surface area contributed by atoms with Gasteiger partial charge in [-0.25, -0.2) is 4.39 Å². The van der Waals surface area contributed by atoms with Gasteiger partial charge in [-0.05, 0) is 103 Å². The number of hydrogen-bond donors (Lipinski definition) is 4. The standard InChI is InChI=1S/C53H52ClF4N7O6/c1-50(2,3)24-41-52(27-60-37-22-40(53(56,57)58)59-25-34(37)52)43(33-6-5-7-35(54)44(33)55)45(62-41)47(68)61-36-13-10-29(21-39(36)71-4)48(69)64-18-16-51(17-19-64)23-31(51)11-8-28-9-12-32-30(20-28)26-65(49(32)70)38-14-15-42(66)63-46(38)67/h5-7,9-10,12-13,20-22,25,31,38,41,43,45,60,62H,14-19,23-24,26-27H2,1-4H3,(H,61,68)(H,63,66,67)/t31-,38?,41-,43-,45+,52-/m0/s1. The summed E-state index contributed by atoms with van der Waals surface area (Å²) in [5, 5.41) is 11.8. The number of benzene rings is 3. The molecular formula is C53H52ClF4N7O6. The molecule has 10 rings (SSSR count). The third kappa shape index (κ3) is 8.66. The first-order valence-corrected chi connectivity index (χ1v) is 24.2. The number of amides is 5. The molecule has 4 fully saturated rings. The van der Waals surface area contributed by atoms with Crippen LogP contribution in [-0.2, 0) is 32.5 Å². The van der Waals surface area contributed by atoms with Gasteiger partial charge >= 0.3 is 6.18 Å². The lowest BCUT2D eigenvalue weighted by Crippen LogP contribution is -2.52. The summed E-state index contributed by atoms with van der Waals surface area (Å²) < 4.78 is 63.7. The van der Waals surface area contributed by atoms with Crippen LogP contribution in [0.4, 0.5) is 28.9 Å². The van der Waals surface area contributed by atoms with Crippen molar-refractivity contribution in [3.8, 4) is 17.6 Å². The van der Waals surface area contributed by atoms with Gasteiger partial charge in [-0.1, -0.05) is 56.3 Å². The van der Waals surface area contributed by atoms with Crippen LogP contribution in [0, 0.1) is 34.4 Å². The SMILES string of the molecule is COc1cc(C(=O)N2CCC3(CC2)C[C@@H]3C#Cc2ccc3c(c2)CN(C2CCC(=O)NC2=O)C3=O)ccc1NC(=O)[C@@H]1N[C@@H](CC(C)(C)C)[C@@]2(CNc3cc(C(F)(F)F)ncc32)[C@H]1c1cccc(Cl)c1F. The summed E-state index contributed by atoms with van der Waals surface area (Å²) in [5.41, 5.74) is 0.891. The zero-order chi connectivity index (χ0) is 50.4. The molecule has 6 aliphatic rings. The monoisotopic (exact) mass is 993 g/mol. The Balaban J connectivity index is 0.828. The molecule has 1 aliphatic carbocycles. The van der Waals surface area contributed by atoms with E-state index in [2.05, 4.69) is 38.1 Å². The Kier molecular flexibility index (Phi) is 12.0. The number of rotatable bonds is 7.